The molecule has 0 aliphatic heterocycles. The zero-order chi connectivity index (χ0) is 22.2. The van der Waals surface area contributed by atoms with Crippen molar-refractivity contribution in [3.63, 3.8) is 0 Å². The molecule has 0 atom stereocenters. The zero-order valence-corrected chi connectivity index (χ0v) is 19.0. The Kier molecular flexibility index (Phi) is 7.81. The van der Waals surface area contributed by atoms with Gasteiger partial charge in [0.25, 0.3) is 0 Å². The lowest BCUT2D eigenvalue weighted by Gasteiger charge is -2.36. The van der Waals surface area contributed by atoms with Crippen molar-refractivity contribution in [2.75, 3.05) is 7.11 Å². The number of benzene rings is 3. The number of rotatable bonds is 9. The molecule has 4 heteroatoms. The lowest BCUT2D eigenvalue weighted by Crippen LogP contribution is -2.40. The van der Waals surface area contributed by atoms with E-state index in [0.717, 1.165) is 55.8 Å². The summed E-state index contributed by atoms with van der Waals surface area (Å²) in [4.78, 5) is 2.60. The minimum absolute atomic E-state index is 0.353. The number of ether oxygens (including phenoxy) is 2. The average molecular weight is 431 g/mol. The second kappa shape index (κ2) is 11.2. The Labute approximate surface area is 192 Å². The Morgan fingerprint density at radius 3 is 2.03 bits per heavy atom. The predicted octanol–water partition coefficient (Wildman–Crippen LogP) is 5.55. The van der Waals surface area contributed by atoms with Crippen LogP contribution in [-0.4, -0.2) is 24.1 Å². The van der Waals surface area contributed by atoms with Gasteiger partial charge < -0.3 is 15.2 Å². The van der Waals surface area contributed by atoms with Crippen LogP contribution in [0.3, 0.4) is 0 Å². The average Bonchev–Trinajstić information content (AvgIpc) is 2.84. The Morgan fingerprint density at radius 1 is 0.750 bits per heavy atom. The molecule has 1 fully saturated rings. The van der Waals surface area contributed by atoms with Gasteiger partial charge in [-0.15, -0.1) is 0 Å². The van der Waals surface area contributed by atoms with Gasteiger partial charge >= 0.3 is 0 Å². The molecular weight excluding hydrogens is 396 g/mol. The summed E-state index contributed by atoms with van der Waals surface area (Å²) in [5.41, 5.74) is 9.90. The van der Waals surface area contributed by atoms with Crippen LogP contribution in [0.15, 0.2) is 78.9 Å². The smallest absolute Gasteiger partial charge is 0.161 e. The van der Waals surface area contributed by atoms with E-state index in [9.17, 15) is 0 Å². The second-order valence-electron chi connectivity index (χ2n) is 8.72. The predicted molar refractivity (Wildman–Crippen MR) is 130 cm³/mol. The minimum atomic E-state index is 0.353. The number of nitrogens with zero attached hydrogens (tertiary/aromatic N) is 1. The standard InChI is InChI=1S/C28H34N2O2/c1-31-28-18-24(12-17-27(28)32-21-23-10-6-3-7-11-23)20-30(19-22-8-4-2-5-9-22)26-15-13-25(29)14-16-26/h2-12,17-18,25-26H,13-16,19-21,29H2,1H3. The van der Waals surface area contributed by atoms with Crippen LogP contribution in [0.2, 0.25) is 0 Å². The maximum atomic E-state index is 6.18. The van der Waals surface area contributed by atoms with E-state index in [2.05, 4.69) is 59.5 Å². The largest absolute Gasteiger partial charge is 0.493 e. The van der Waals surface area contributed by atoms with Gasteiger partial charge in [-0.2, -0.15) is 0 Å². The molecule has 32 heavy (non-hydrogen) atoms. The molecule has 0 heterocycles. The van der Waals surface area contributed by atoms with Gasteiger partial charge in [0.15, 0.2) is 11.5 Å². The fourth-order valence-electron chi connectivity index (χ4n) is 4.50. The topological polar surface area (TPSA) is 47.7 Å². The molecule has 0 aromatic heterocycles. The van der Waals surface area contributed by atoms with Crippen LogP contribution >= 0.6 is 0 Å². The van der Waals surface area contributed by atoms with Crippen molar-refractivity contribution in [1.82, 2.24) is 4.90 Å². The van der Waals surface area contributed by atoms with E-state index in [-0.39, 0.29) is 0 Å². The Morgan fingerprint density at radius 2 is 1.38 bits per heavy atom. The summed E-state index contributed by atoms with van der Waals surface area (Å²) in [5, 5.41) is 0. The van der Waals surface area contributed by atoms with E-state index in [4.69, 9.17) is 15.2 Å². The van der Waals surface area contributed by atoms with E-state index in [1.54, 1.807) is 7.11 Å². The highest BCUT2D eigenvalue weighted by Gasteiger charge is 2.25. The number of methoxy groups -OCH3 is 1. The molecule has 0 radical (unpaired) electrons. The summed E-state index contributed by atoms with van der Waals surface area (Å²) in [6, 6.07) is 28.2. The first kappa shape index (κ1) is 22.4. The molecular formula is C28H34N2O2. The summed E-state index contributed by atoms with van der Waals surface area (Å²) in [6.45, 7) is 2.35. The fourth-order valence-corrected chi connectivity index (χ4v) is 4.50. The van der Waals surface area contributed by atoms with Crippen molar-refractivity contribution in [3.8, 4) is 11.5 Å². The molecule has 3 aromatic carbocycles. The SMILES string of the molecule is COc1cc(CN(Cc2ccccc2)C2CCC(N)CC2)ccc1OCc1ccccc1. The van der Waals surface area contributed by atoms with Crippen LogP contribution in [0.25, 0.3) is 0 Å². The molecule has 0 unspecified atom stereocenters. The molecule has 2 N–H and O–H groups in total. The molecule has 0 bridgehead atoms. The molecule has 4 nitrogen and oxygen atoms in total. The molecule has 0 saturated heterocycles. The summed E-state index contributed by atoms with van der Waals surface area (Å²) in [6.07, 6.45) is 4.52. The first-order valence-corrected chi connectivity index (χ1v) is 11.6. The molecule has 1 saturated carbocycles. The quantitative estimate of drug-likeness (QED) is 0.484. The second-order valence-corrected chi connectivity index (χ2v) is 8.72. The van der Waals surface area contributed by atoms with Gasteiger partial charge in [0, 0.05) is 25.2 Å². The van der Waals surface area contributed by atoms with Crippen molar-refractivity contribution >= 4 is 0 Å². The Bertz CT molecular complexity index is 954. The molecule has 1 aliphatic rings. The maximum Gasteiger partial charge on any atom is 0.161 e. The summed E-state index contributed by atoms with van der Waals surface area (Å²) >= 11 is 0. The lowest BCUT2D eigenvalue weighted by molar-refractivity contribution is 0.134. The van der Waals surface area contributed by atoms with Crippen molar-refractivity contribution in [1.29, 1.82) is 0 Å². The van der Waals surface area contributed by atoms with Gasteiger partial charge in [-0.05, 0) is 54.5 Å². The van der Waals surface area contributed by atoms with Gasteiger partial charge in [-0.1, -0.05) is 66.7 Å². The van der Waals surface area contributed by atoms with Gasteiger partial charge in [-0.3, -0.25) is 4.90 Å². The van der Waals surface area contributed by atoms with Crippen LogP contribution in [0.4, 0.5) is 0 Å². The van der Waals surface area contributed by atoms with Crippen molar-refractivity contribution < 1.29 is 9.47 Å². The van der Waals surface area contributed by atoms with Crippen LogP contribution in [0, 0.1) is 0 Å². The Hall–Kier alpha value is -2.82. The van der Waals surface area contributed by atoms with Crippen LogP contribution < -0.4 is 15.2 Å². The number of hydrogen-bond acceptors (Lipinski definition) is 4. The van der Waals surface area contributed by atoms with Crippen molar-refractivity contribution in [2.24, 2.45) is 5.73 Å². The normalized spacial score (nSPS) is 18.5. The van der Waals surface area contributed by atoms with Crippen molar-refractivity contribution in [2.45, 2.75) is 57.5 Å². The van der Waals surface area contributed by atoms with Gasteiger partial charge in [0.05, 0.1) is 7.11 Å². The first-order valence-electron chi connectivity index (χ1n) is 11.6. The summed E-state index contributed by atoms with van der Waals surface area (Å²) < 4.78 is 11.7. The third-order valence-corrected chi connectivity index (χ3v) is 6.34. The molecule has 0 spiro atoms. The van der Waals surface area contributed by atoms with E-state index in [1.807, 2.05) is 24.3 Å². The van der Waals surface area contributed by atoms with E-state index < -0.39 is 0 Å². The summed E-state index contributed by atoms with van der Waals surface area (Å²) in [7, 11) is 1.71. The number of hydrogen-bond donors (Lipinski definition) is 1. The van der Waals surface area contributed by atoms with Gasteiger partial charge in [0.1, 0.15) is 6.61 Å². The highest BCUT2D eigenvalue weighted by Crippen LogP contribution is 2.31. The van der Waals surface area contributed by atoms with E-state index >= 15 is 0 Å². The maximum absolute atomic E-state index is 6.18. The van der Waals surface area contributed by atoms with Gasteiger partial charge in [0.2, 0.25) is 0 Å². The van der Waals surface area contributed by atoms with Crippen LogP contribution in [-0.2, 0) is 19.7 Å². The van der Waals surface area contributed by atoms with Crippen molar-refractivity contribution in [3.05, 3.63) is 95.6 Å². The monoisotopic (exact) mass is 430 g/mol. The first-order chi connectivity index (χ1) is 15.7. The fraction of sp³-hybridized carbons (Fsp3) is 0.357. The lowest BCUT2D eigenvalue weighted by atomic mass is 9.90. The highest BCUT2D eigenvalue weighted by atomic mass is 16.5. The van der Waals surface area contributed by atoms with E-state index in [1.165, 1.54) is 11.1 Å². The number of nitrogens with two attached hydrogens (primary N) is 1. The van der Waals surface area contributed by atoms with Crippen LogP contribution in [0.5, 0.6) is 11.5 Å². The molecule has 1 aliphatic carbocycles. The highest BCUT2D eigenvalue weighted by molar-refractivity contribution is 5.43. The third kappa shape index (κ3) is 6.12. The third-order valence-electron chi connectivity index (χ3n) is 6.34. The van der Waals surface area contributed by atoms with Gasteiger partial charge in [-0.25, -0.2) is 0 Å². The Balaban J connectivity index is 1.48. The van der Waals surface area contributed by atoms with Crippen LogP contribution in [0.1, 0.15) is 42.4 Å². The molecule has 4 rings (SSSR count). The molecule has 168 valence electrons. The minimum Gasteiger partial charge on any atom is -0.493 e. The molecule has 3 aromatic rings. The van der Waals surface area contributed by atoms with E-state index in [0.29, 0.717) is 18.7 Å². The molecule has 0 amide bonds. The summed E-state index contributed by atoms with van der Waals surface area (Å²) in [5.74, 6) is 1.56. The zero-order valence-electron chi connectivity index (χ0n) is 19.0.